The summed E-state index contributed by atoms with van der Waals surface area (Å²) >= 11 is 0. The fraction of sp³-hybridized carbons (Fsp3) is 0.375. The molecule has 2 rings (SSSR count). The van der Waals surface area contributed by atoms with Gasteiger partial charge in [-0.2, -0.15) is 5.10 Å². The van der Waals surface area contributed by atoms with Gasteiger partial charge in [-0.25, -0.2) is 4.68 Å². The molecule has 4 heteroatoms. The van der Waals surface area contributed by atoms with Crippen LogP contribution >= 0.6 is 0 Å². The Morgan fingerprint density at radius 3 is 2.65 bits per heavy atom. The standard InChI is InChI=1S/C16H20N2O2/c1-16(2,10-15(19)20)9-8-13-11-17-18(12-13)14-6-4-3-5-7-14/h3-7,11-12H,8-10H2,1-2H3,(H,19,20). The molecule has 0 fully saturated rings. The zero-order chi connectivity index (χ0) is 14.6. The van der Waals surface area contributed by atoms with Gasteiger partial charge in [-0.1, -0.05) is 32.0 Å². The monoisotopic (exact) mass is 272 g/mol. The first-order valence-corrected chi connectivity index (χ1v) is 6.77. The summed E-state index contributed by atoms with van der Waals surface area (Å²) < 4.78 is 1.85. The Balaban J connectivity index is 1.99. The Kier molecular flexibility index (Phi) is 4.23. The number of rotatable bonds is 6. The minimum atomic E-state index is -0.741. The van der Waals surface area contributed by atoms with E-state index in [2.05, 4.69) is 5.10 Å². The molecule has 1 N–H and O–H groups in total. The van der Waals surface area contributed by atoms with Crippen LogP contribution < -0.4 is 0 Å². The maximum absolute atomic E-state index is 10.8. The third-order valence-electron chi connectivity index (χ3n) is 3.38. The first kappa shape index (κ1) is 14.3. The average Bonchev–Trinajstić information content (AvgIpc) is 2.85. The summed E-state index contributed by atoms with van der Waals surface area (Å²) in [6, 6.07) is 9.94. The van der Waals surface area contributed by atoms with E-state index in [1.807, 2.05) is 61.3 Å². The van der Waals surface area contributed by atoms with E-state index in [0.29, 0.717) is 0 Å². The number of carbonyl (C=O) groups is 1. The molecule has 0 aliphatic rings. The minimum Gasteiger partial charge on any atom is -0.481 e. The number of aliphatic carboxylic acids is 1. The van der Waals surface area contributed by atoms with E-state index in [1.165, 1.54) is 0 Å². The number of nitrogens with zero attached hydrogens (tertiary/aromatic N) is 2. The minimum absolute atomic E-state index is 0.194. The molecule has 2 aromatic rings. The summed E-state index contributed by atoms with van der Waals surface area (Å²) in [4.78, 5) is 10.8. The maximum Gasteiger partial charge on any atom is 0.303 e. The number of benzene rings is 1. The highest BCUT2D eigenvalue weighted by molar-refractivity contribution is 5.67. The molecule has 0 saturated carbocycles. The number of carboxylic acid groups (broad SMARTS) is 1. The highest BCUT2D eigenvalue weighted by atomic mass is 16.4. The van der Waals surface area contributed by atoms with Crippen LogP contribution in [0.3, 0.4) is 0 Å². The predicted octanol–water partition coefficient (Wildman–Crippen LogP) is 3.31. The second kappa shape index (κ2) is 5.90. The summed E-state index contributed by atoms with van der Waals surface area (Å²) in [7, 11) is 0. The molecule has 0 bridgehead atoms. The number of aryl methyl sites for hydroxylation is 1. The molecule has 20 heavy (non-hydrogen) atoms. The van der Waals surface area contributed by atoms with Crippen LogP contribution in [0, 0.1) is 5.41 Å². The number of hydrogen-bond donors (Lipinski definition) is 1. The van der Waals surface area contributed by atoms with Crippen LogP contribution in [0.15, 0.2) is 42.7 Å². The van der Waals surface area contributed by atoms with Crippen LogP contribution in [0.4, 0.5) is 0 Å². The fourth-order valence-corrected chi connectivity index (χ4v) is 2.19. The van der Waals surface area contributed by atoms with Gasteiger partial charge in [-0.05, 0) is 36.0 Å². The lowest BCUT2D eigenvalue weighted by Gasteiger charge is -2.21. The van der Waals surface area contributed by atoms with E-state index in [-0.39, 0.29) is 11.8 Å². The van der Waals surface area contributed by atoms with Gasteiger partial charge in [0.05, 0.1) is 18.3 Å². The van der Waals surface area contributed by atoms with Crippen LogP contribution in [0.2, 0.25) is 0 Å². The van der Waals surface area contributed by atoms with Gasteiger partial charge in [0.1, 0.15) is 0 Å². The Labute approximate surface area is 119 Å². The van der Waals surface area contributed by atoms with Gasteiger partial charge >= 0.3 is 5.97 Å². The Hall–Kier alpha value is -2.10. The Morgan fingerprint density at radius 1 is 1.30 bits per heavy atom. The molecule has 106 valence electrons. The van der Waals surface area contributed by atoms with Crippen molar-refractivity contribution in [1.82, 2.24) is 9.78 Å². The smallest absolute Gasteiger partial charge is 0.303 e. The van der Waals surface area contributed by atoms with Crippen molar-refractivity contribution in [3.05, 3.63) is 48.3 Å². The van der Waals surface area contributed by atoms with Crippen molar-refractivity contribution < 1.29 is 9.90 Å². The first-order chi connectivity index (χ1) is 9.46. The summed E-state index contributed by atoms with van der Waals surface area (Å²) in [5, 5.41) is 13.2. The molecule has 0 aliphatic carbocycles. The van der Waals surface area contributed by atoms with E-state index in [4.69, 9.17) is 5.11 Å². The van der Waals surface area contributed by atoms with Crippen LogP contribution in [-0.4, -0.2) is 20.9 Å². The first-order valence-electron chi connectivity index (χ1n) is 6.77. The van der Waals surface area contributed by atoms with Crippen LogP contribution in [0.1, 0.15) is 32.3 Å². The van der Waals surface area contributed by atoms with Gasteiger partial charge in [-0.3, -0.25) is 4.79 Å². The Morgan fingerprint density at radius 2 is 2.00 bits per heavy atom. The van der Waals surface area contributed by atoms with Crippen molar-refractivity contribution in [3.8, 4) is 5.69 Å². The van der Waals surface area contributed by atoms with Crippen LogP contribution in [0.5, 0.6) is 0 Å². The predicted molar refractivity (Wildman–Crippen MR) is 77.9 cm³/mol. The summed E-state index contributed by atoms with van der Waals surface area (Å²) in [5.41, 5.74) is 1.97. The lowest BCUT2D eigenvalue weighted by molar-refractivity contribution is -0.139. The quantitative estimate of drug-likeness (QED) is 0.877. The van der Waals surface area contributed by atoms with Gasteiger partial charge in [0, 0.05) is 6.20 Å². The highest BCUT2D eigenvalue weighted by Gasteiger charge is 2.21. The number of hydrogen-bond acceptors (Lipinski definition) is 2. The highest BCUT2D eigenvalue weighted by Crippen LogP contribution is 2.27. The topological polar surface area (TPSA) is 55.1 Å². The number of aromatic nitrogens is 2. The molecule has 1 aromatic carbocycles. The van der Waals surface area contributed by atoms with Gasteiger partial charge in [0.25, 0.3) is 0 Å². The van der Waals surface area contributed by atoms with Crippen molar-refractivity contribution in [2.75, 3.05) is 0 Å². The zero-order valence-electron chi connectivity index (χ0n) is 11.9. The molecule has 4 nitrogen and oxygen atoms in total. The summed E-state index contributed by atoms with van der Waals surface area (Å²) in [5.74, 6) is -0.741. The molecule has 0 saturated heterocycles. The normalized spacial score (nSPS) is 11.5. The van der Waals surface area contributed by atoms with Crippen molar-refractivity contribution in [3.63, 3.8) is 0 Å². The van der Waals surface area contributed by atoms with Crippen molar-refractivity contribution in [1.29, 1.82) is 0 Å². The van der Waals surface area contributed by atoms with Gasteiger partial charge in [-0.15, -0.1) is 0 Å². The van der Waals surface area contributed by atoms with Crippen molar-refractivity contribution in [2.24, 2.45) is 5.41 Å². The molecule has 0 unspecified atom stereocenters. The van der Waals surface area contributed by atoms with E-state index in [9.17, 15) is 4.79 Å². The van der Waals surface area contributed by atoms with Gasteiger partial charge in [0.2, 0.25) is 0 Å². The lowest BCUT2D eigenvalue weighted by Crippen LogP contribution is -2.17. The Bertz CT molecular complexity index is 573. The van der Waals surface area contributed by atoms with E-state index < -0.39 is 5.97 Å². The van der Waals surface area contributed by atoms with Gasteiger partial charge < -0.3 is 5.11 Å². The summed E-state index contributed by atoms with van der Waals surface area (Å²) in [6.45, 7) is 3.98. The third-order valence-corrected chi connectivity index (χ3v) is 3.38. The molecule has 1 heterocycles. The van der Waals surface area contributed by atoms with Crippen LogP contribution in [0.25, 0.3) is 5.69 Å². The maximum atomic E-state index is 10.8. The second-order valence-corrected chi connectivity index (χ2v) is 5.86. The molecule has 0 amide bonds. The van der Waals surface area contributed by atoms with E-state index >= 15 is 0 Å². The second-order valence-electron chi connectivity index (χ2n) is 5.86. The SMILES string of the molecule is CC(C)(CCc1cnn(-c2ccccc2)c1)CC(=O)O. The van der Waals surface area contributed by atoms with Crippen LogP contribution in [-0.2, 0) is 11.2 Å². The van der Waals surface area contributed by atoms with E-state index in [1.54, 1.807) is 0 Å². The fourth-order valence-electron chi connectivity index (χ4n) is 2.19. The molecule has 0 atom stereocenters. The molecule has 0 spiro atoms. The van der Waals surface area contributed by atoms with Crippen molar-refractivity contribution in [2.45, 2.75) is 33.1 Å². The molecule has 1 aromatic heterocycles. The lowest BCUT2D eigenvalue weighted by atomic mass is 9.83. The zero-order valence-corrected chi connectivity index (χ0v) is 11.9. The molecule has 0 radical (unpaired) electrons. The molecule has 0 aliphatic heterocycles. The van der Waals surface area contributed by atoms with Gasteiger partial charge in [0.15, 0.2) is 0 Å². The van der Waals surface area contributed by atoms with E-state index in [0.717, 1.165) is 24.1 Å². The average molecular weight is 272 g/mol. The summed E-state index contributed by atoms with van der Waals surface area (Å²) in [6.07, 6.45) is 5.72. The molecular formula is C16H20N2O2. The largest absolute Gasteiger partial charge is 0.481 e. The number of carboxylic acids is 1. The van der Waals surface area contributed by atoms with Crippen molar-refractivity contribution >= 4 is 5.97 Å². The number of para-hydroxylation sites is 1. The third kappa shape index (κ3) is 3.95. The molecular weight excluding hydrogens is 252 g/mol.